The standard InChI is InChI=1S/C26H28N6O/c1-18-8-7-9-21(16-18)25-28-26-27-19(2)23(20(3)32(26)29-25)17-24(33)31-14-12-30(13-15-31)22-10-5-4-6-11-22/h4-11,16H,12-15,17H2,1-3H3. The van der Waals surface area contributed by atoms with Crippen molar-refractivity contribution in [3.63, 3.8) is 0 Å². The molecule has 1 saturated heterocycles. The summed E-state index contributed by atoms with van der Waals surface area (Å²) in [4.78, 5) is 26.7. The second-order valence-corrected chi connectivity index (χ2v) is 8.66. The Morgan fingerprint density at radius 1 is 0.909 bits per heavy atom. The molecule has 168 valence electrons. The summed E-state index contributed by atoms with van der Waals surface area (Å²) in [6.45, 7) is 9.12. The molecular formula is C26H28N6O. The number of fused-ring (bicyclic) bond motifs is 1. The predicted molar refractivity (Wildman–Crippen MR) is 129 cm³/mol. The molecule has 0 bridgehead atoms. The van der Waals surface area contributed by atoms with E-state index in [0.717, 1.165) is 54.3 Å². The molecule has 5 rings (SSSR count). The van der Waals surface area contributed by atoms with Gasteiger partial charge in [0.15, 0.2) is 5.82 Å². The van der Waals surface area contributed by atoms with Gasteiger partial charge in [0.1, 0.15) is 0 Å². The number of aryl methyl sites for hydroxylation is 3. The molecule has 0 aliphatic carbocycles. The third-order valence-corrected chi connectivity index (χ3v) is 6.41. The lowest BCUT2D eigenvalue weighted by Crippen LogP contribution is -2.49. The largest absolute Gasteiger partial charge is 0.368 e. The van der Waals surface area contributed by atoms with Crippen LogP contribution in [0.4, 0.5) is 5.69 Å². The lowest BCUT2D eigenvalue weighted by atomic mass is 10.1. The molecule has 1 amide bonds. The van der Waals surface area contributed by atoms with Gasteiger partial charge in [0.05, 0.1) is 6.42 Å². The molecule has 0 radical (unpaired) electrons. The smallest absolute Gasteiger partial charge is 0.253 e. The summed E-state index contributed by atoms with van der Waals surface area (Å²) < 4.78 is 1.76. The molecule has 2 aromatic carbocycles. The summed E-state index contributed by atoms with van der Waals surface area (Å²) in [6.07, 6.45) is 0.325. The molecule has 0 saturated carbocycles. The highest BCUT2D eigenvalue weighted by Gasteiger charge is 2.24. The summed E-state index contributed by atoms with van der Waals surface area (Å²) in [6, 6.07) is 18.5. The Hall–Kier alpha value is -3.74. The molecule has 0 N–H and O–H groups in total. The Labute approximate surface area is 193 Å². The van der Waals surface area contributed by atoms with Gasteiger partial charge in [-0.05, 0) is 39.0 Å². The highest BCUT2D eigenvalue weighted by molar-refractivity contribution is 5.79. The molecule has 7 heteroatoms. The number of nitrogens with zero attached hydrogens (tertiary/aromatic N) is 6. The van der Waals surface area contributed by atoms with Crippen LogP contribution in [0.15, 0.2) is 54.6 Å². The van der Waals surface area contributed by atoms with Crippen LogP contribution in [0, 0.1) is 20.8 Å². The van der Waals surface area contributed by atoms with Gasteiger partial charge in [0.2, 0.25) is 5.91 Å². The van der Waals surface area contributed by atoms with Gasteiger partial charge in [-0.2, -0.15) is 4.98 Å². The van der Waals surface area contributed by atoms with Crippen LogP contribution < -0.4 is 4.90 Å². The lowest BCUT2D eigenvalue weighted by molar-refractivity contribution is -0.130. The average Bonchev–Trinajstić information content (AvgIpc) is 3.26. The SMILES string of the molecule is Cc1cccc(-c2nc3nc(C)c(CC(=O)N4CCN(c5ccccc5)CC4)c(C)n3n2)c1. The molecule has 0 unspecified atom stereocenters. The van der Waals surface area contributed by atoms with Crippen LogP contribution in [0.2, 0.25) is 0 Å². The second kappa shape index (κ2) is 8.65. The fraction of sp³-hybridized carbons (Fsp3) is 0.308. The van der Waals surface area contributed by atoms with Crippen LogP contribution in [-0.4, -0.2) is 56.6 Å². The Bertz CT molecular complexity index is 1310. The van der Waals surface area contributed by atoms with Crippen LogP contribution in [0.5, 0.6) is 0 Å². The minimum absolute atomic E-state index is 0.133. The number of aromatic nitrogens is 4. The van der Waals surface area contributed by atoms with Gasteiger partial charge in [-0.3, -0.25) is 4.79 Å². The van der Waals surface area contributed by atoms with Crippen molar-refractivity contribution in [3.8, 4) is 11.4 Å². The van der Waals surface area contributed by atoms with Crippen LogP contribution in [0.25, 0.3) is 17.2 Å². The van der Waals surface area contributed by atoms with E-state index in [2.05, 4.69) is 58.2 Å². The summed E-state index contributed by atoms with van der Waals surface area (Å²) in [5.74, 6) is 1.34. The first-order valence-corrected chi connectivity index (χ1v) is 11.4. The molecule has 1 fully saturated rings. The maximum absolute atomic E-state index is 13.1. The first kappa shape index (κ1) is 21.1. The molecule has 4 aromatic rings. The molecule has 0 spiro atoms. The van der Waals surface area contributed by atoms with Crippen molar-refractivity contribution in [2.75, 3.05) is 31.1 Å². The van der Waals surface area contributed by atoms with E-state index >= 15 is 0 Å². The van der Waals surface area contributed by atoms with E-state index in [0.29, 0.717) is 18.0 Å². The first-order chi connectivity index (χ1) is 16.0. The Kier molecular flexibility index (Phi) is 5.54. The number of hydrogen-bond donors (Lipinski definition) is 0. The predicted octanol–water partition coefficient (Wildman–Crippen LogP) is 3.61. The first-order valence-electron chi connectivity index (χ1n) is 11.4. The fourth-order valence-corrected chi connectivity index (χ4v) is 4.49. The highest BCUT2D eigenvalue weighted by Crippen LogP contribution is 2.21. The number of carbonyl (C=O) groups is 1. The summed E-state index contributed by atoms with van der Waals surface area (Å²) in [7, 11) is 0. The van der Waals surface area contributed by atoms with Crippen molar-refractivity contribution in [1.82, 2.24) is 24.5 Å². The Balaban J connectivity index is 1.34. The van der Waals surface area contributed by atoms with E-state index in [9.17, 15) is 4.79 Å². The quantitative estimate of drug-likeness (QED) is 0.485. The van der Waals surface area contributed by atoms with Gasteiger partial charge < -0.3 is 9.80 Å². The zero-order valence-electron chi connectivity index (χ0n) is 19.3. The van der Waals surface area contributed by atoms with Gasteiger partial charge in [-0.1, -0.05) is 42.0 Å². The third-order valence-electron chi connectivity index (χ3n) is 6.41. The molecule has 1 aliphatic heterocycles. The molecule has 33 heavy (non-hydrogen) atoms. The summed E-state index contributed by atoms with van der Waals surface area (Å²) in [5, 5.41) is 4.70. The topological polar surface area (TPSA) is 66.6 Å². The van der Waals surface area contributed by atoms with E-state index < -0.39 is 0 Å². The number of para-hydroxylation sites is 1. The monoisotopic (exact) mass is 440 g/mol. The third kappa shape index (κ3) is 4.18. The van der Waals surface area contributed by atoms with Crippen molar-refractivity contribution >= 4 is 17.4 Å². The molecule has 0 atom stereocenters. The number of anilines is 1. The zero-order valence-corrected chi connectivity index (χ0v) is 19.3. The van der Waals surface area contributed by atoms with Crippen LogP contribution in [-0.2, 0) is 11.2 Å². The lowest BCUT2D eigenvalue weighted by Gasteiger charge is -2.36. The Morgan fingerprint density at radius 3 is 2.39 bits per heavy atom. The van der Waals surface area contributed by atoms with Crippen molar-refractivity contribution < 1.29 is 4.79 Å². The number of benzene rings is 2. The van der Waals surface area contributed by atoms with Crippen molar-refractivity contribution in [1.29, 1.82) is 0 Å². The highest BCUT2D eigenvalue weighted by atomic mass is 16.2. The summed E-state index contributed by atoms with van der Waals surface area (Å²) in [5.41, 5.74) is 6.01. The van der Waals surface area contributed by atoms with Crippen molar-refractivity contribution in [3.05, 3.63) is 77.1 Å². The molecular weight excluding hydrogens is 412 g/mol. The van der Waals surface area contributed by atoms with Gasteiger partial charge >= 0.3 is 0 Å². The number of amides is 1. The minimum Gasteiger partial charge on any atom is -0.368 e. The van der Waals surface area contributed by atoms with Gasteiger partial charge in [-0.25, -0.2) is 9.50 Å². The number of rotatable bonds is 4. The Morgan fingerprint density at radius 2 is 1.67 bits per heavy atom. The fourth-order valence-electron chi connectivity index (χ4n) is 4.49. The van der Waals surface area contributed by atoms with E-state index in [1.165, 1.54) is 5.69 Å². The van der Waals surface area contributed by atoms with Crippen molar-refractivity contribution in [2.45, 2.75) is 27.2 Å². The average molecular weight is 441 g/mol. The maximum atomic E-state index is 13.1. The maximum Gasteiger partial charge on any atom is 0.253 e. The van der Waals surface area contributed by atoms with E-state index in [1.807, 2.05) is 36.9 Å². The van der Waals surface area contributed by atoms with E-state index in [4.69, 9.17) is 5.10 Å². The van der Waals surface area contributed by atoms with Crippen LogP contribution in [0.1, 0.15) is 22.5 Å². The number of piperazine rings is 1. The number of carbonyl (C=O) groups excluding carboxylic acids is 1. The van der Waals surface area contributed by atoms with E-state index in [-0.39, 0.29) is 5.91 Å². The molecule has 2 aromatic heterocycles. The zero-order chi connectivity index (χ0) is 22.9. The van der Waals surface area contributed by atoms with E-state index in [1.54, 1.807) is 4.52 Å². The van der Waals surface area contributed by atoms with Gasteiger partial charge in [-0.15, -0.1) is 5.10 Å². The summed E-state index contributed by atoms with van der Waals surface area (Å²) >= 11 is 0. The van der Waals surface area contributed by atoms with Gasteiger partial charge in [0, 0.05) is 54.4 Å². The molecule has 7 nitrogen and oxygen atoms in total. The second-order valence-electron chi connectivity index (χ2n) is 8.66. The van der Waals surface area contributed by atoms with Crippen LogP contribution >= 0.6 is 0 Å². The number of hydrogen-bond acceptors (Lipinski definition) is 5. The minimum atomic E-state index is 0.133. The van der Waals surface area contributed by atoms with Gasteiger partial charge in [0.25, 0.3) is 5.78 Å². The normalized spacial score (nSPS) is 14.2. The van der Waals surface area contributed by atoms with Crippen molar-refractivity contribution in [2.24, 2.45) is 0 Å². The van der Waals surface area contributed by atoms with Crippen LogP contribution in [0.3, 0.4) is 0 Å². The molecule has 3 heterocycles. The molecule has 1 aliphatic rings.